The van der Waals surface area contributed by atoms with E-state index in [2.05, 4.69) is 22.6 Å². The Bertz CT molecular complexity index is 264. The van der Waals surface area contributed by atoms with Gasteiger partial charge in [0.15, 0.2) is 0 Å². The first kappa shape index (κ1) is 14.5. The van der Waals surface area contributed by atoms with Crippen LogP contribution in [0.1, 0.15) is 0 Å². The standard InChI is InChI=1S/C7H11BI3NO4/c8-6-4-5(15-11)7(14-6,2-13-10)1-12(3-9)16-4/h4-6H,1-3,8H2. The fraction of sp³-hybridized carbons (Fsp3) is 1.00. The highest BCUT2D eigenvalue weighted by Crippen LogP contribution is 2.41. The van der Waals surface area contributed by atoms with Crippen molar-refractivity contribution in [3.05, 3.63) is 0 Å². The molecule has 2 rings (SSSR count). The van der Waals surface area contributed by atoms with Crippen molar-refractivity contribution in [2.75, 3.05) is 17.7 Å². The Morgan fingerprint density at radius 1 is 1.50 bits per heavy atom. The third-order valence-corrected chi connectivity index (χ3v) is 4.56. The molecule has 4 atom stereocenters. The third kappa shape index (κ3) is 2.51. The number of ether oxygens (including phenoxy) is 1. The van der Waals surface area contributed by atoms with Crippen LogP contribution in [-0.4, -0.2) is 54.4 Å². The second-order valence-corrected chi connectivity index (χ2v) is 5.79. The van der Waals surface area contributed by atoms with Gasteiger partial charge in [0.2, 0.25) is 0 Å². The first-order valence-electron chi connectivity index (χ1n) is 4.83. The quantitative estimate of drug-likeness (QED) is 0.219. The second-order valence-electron chi connectivity index (χ2n) is 3.98. The molecule has 2 saturated heterocycles. The molecule has 2 heterocycles. The van der Waals surface area contributed by atoms with Crippen LogP contribution in [0.25, 0.3) is 0 Å². The average Bonchev–Trinajstić information content (AvgIpc) is 2.42. The molecule has 5 nitrogen and oxygen atoms in total. The maximum absolute atomic E-state index is 6.02. The van der Waals surface area contributed by atoms with E-state index in [1.54, 1.807) is 0 Å². The molecule has 4 unspecified atom stereocenters. The van der Waals surface area contributed by atoms with E-state index >= 15 is 0 Å². The number of alkyl halides is 1. The minimum atomic E-state index is -0.407. The van der Waals surface area contributed by atoms with E-state index in [1.807, 2.05) is 58.9 Å². The van der Waals surface area contributed by atoms with Gasteiger partial charge in [0.25, 0.3) is 0 Å². The molecular weight excluding hydrogens is 554 g/mol. The summed E-state index contributed by atoms with van der Waals surface area (Å²) in [6.45, 7) is 1.19. The van der Waals surface area contributed by atoms with Crippen LogP contribution in [0.15, 0.2) is 0 Å². The van der Waals surface area contributed by atoms with Gasteiger partial charge in [0, 0.05) is 0 Å². The van der Waals surface area contributed by atoms with Crippen LogP contribution in [-0.2, 0) is 15.7 Å². The second kappa shape index (κ2) is 6.01. The van der Waals surface area contributed by atoms with Gasteiger partial charge < -0.3 is 10.9 Å². The zero-order chi connectivity index (χ0) is 11.8. The fourth-order valence-electron chi connectivity index (χ4n) is 2.28. The van der Waals surface area contributed by atoms with Crippen LogP contribution < -0.4 is 0 Å². The first-order chi connectivity index (χ1) is 7.66. The van der Waals surface area contributed by atoms with E-state index in [1.165, 1.54) is 0 Å². The molecule has 92 valence electrons. The van der Waals surface area contributed by atoms with Crippen molar-refractivity contribution < 1.29 is 15.7 Å². The van der Waals surface area contributed by atoms with Crippen molar-refractivity contribution in [3.63, 3.8) is 0 Å². The molecule has 0 aliphatic carbocycles. The average molecular weight is 565 g/mol. The lowest BCUT2D eigenvalue weighted by atomic mass is 9.88. The van der Waals surface area contributed by atoms with E-state index in [9.17, 15) is 0 Å². The summed E-state index contributed by atoms with van der Waals surface area (Å²) in [4.78, 5) is 5.83. The smallest absolute Gasteiger partial charge is 0.142 e. The van der Waals surface area contributed by atoms with Gasteiger partial charge in [-0.1, -0.05) is 22.6 Å². The molecule has 0 radical (unpaired) electrons. The summed E-state index contributed by atoms with van der Waals surface area (Å²) in [7, 11) is 2.01. The minimum Gasteiger partial charge on any atom is -0.371 e. The Morgan fingerprint density at radius 2 is 2.25 bits per heavy atom. The Morgan fingerprint density at radius 3 is 2.81 bits per heavy atom. The summed E-state index contributed by atoms with van der Waals surface area (Å²) >= 11 is 6.09. The van der Waals surface area contributed by atoms with Crippen molar-refractivity contribution in [1.29, 1.82) is 0 Å². The predicted octanol–water partition coefficient (Wildman–Crippen LogP) is 0.825. The topological polar surface area (TPSA) is 40.2 Å². The normalized spacial score (nSPS) is 43.8. The van der Waals surface area contributed by atoms with Gasteiger partial charge in [0.1, 0.15) is 71.7 Å². The minimum absolute atomic E-state index is 0.0271. The highest BCUT2D eigenvalue weighted by molar-refractivity contribution is 14.1. The van der Waals surface area contributed by atoms with E-state index in [-0.39, 0.29) is 18.2 Å². The Labute approximate surface area is 137 Å². The predicted molar refractivity (Wildman–Crippen MR) is 85.5 cm³/mol. The van der Waals surface area contributed by atoms with Gasteiger partial charge in [-0.2, -0.15) is 5.06 Å². The van der Waals surface area contributed by atoms with Crippen molar-refractivity contribution in [3.8, 4) is 0 Å². The monoisotopic (exact) mass is 565 g/mol. The van der Waals surface area contributed by atoms with Gasteiger partial charge in [-0.3, -0.25) is 4.84 Å². The third-order valence-electron chi connectivity index (χ3n) is 2.94. The Balaban J connectivity index is 2.22. The number of halogens is 3. The number of hydrogen-bond donors (Lipinski definition) is 0. The molecule has 0 aromatic carbocycles. The van der Waals surface area contributed by atoms with Crippen molar-refractivity contribution in [2.45, 2.75) is 23.8 Å². The summed E-state index contributed by atoms with van der Waals surface area (Å²) in [6, 6.07) is 0.0271. The summed E-state index contributed by atoms with van der Waals surface area (Å²) < 4.78 is 17.6. The molecule has 0 N–H and O–H groups in total. The molecule has 0 amide bonds. The SMILES string of the molecule is BC1OC2(COI)CN(CI)OC1C2OI. The molecule has 2 bridgehead atoms. The number of nitrogens with zero attached hydrogens (tertiary/aromatic N) is 1. The molecule has 0 spiro atoms. The molecule has 0 saturated carbocycles. The largest absolute Gasteiger partial charge is 0.371 e. The summed E-state index contributed by atoms with van der Waals surface area (Å²) in [5, 5.41) is 1.91. The number of hydrogen-bond acceptors (Lipinski definition) is 5. The molecular formula is C7H11BI3NO4. The zero-order valence-corrected chi connectivity index (χ0v) is 15.0. The van der Waals surface area contributed by atoms with Gasteiger partial charge in [0.05, 0.1) is 23.7 Å². The maximum Gasteiger partial charge on any atom is 0.142 e. The maximum atomic E-state index is 6.02. The zero-order valence-electron chi connectivity index (χ0n) is 8.57. The van der Waals surface area contributed by atoms with Gasteiger partial charge >= 0.3 is 0 Å². The number of fused-ring (bicyclic) bond motifs is 2. The summed E-state index contributed by atoms with van der Waals surface area (Å²) in [5.74, 6) is 0. The fourth-order valence-corrected chi connectivity index (χ4v) is 3.96. The van der Waals surface area contributed by atoms with Gasteiger partial charge in [-0.25, -0.2) is 0 Å². The summed E-state index contributed by atoms with van der Waals surface area (Å²) in [6.07, 6.45) is -0.121. The molecule has 16 heavy (non-hydrogen) atoms. The first-order valence-corrected chi connectivity index (χ1v) is 8.12. The molecule has 2 fully saturated rings. The lowest BCUT2D eigenvalue weighted by Crippen LogP contribution is -2.59. The number of rotatable bonds is 4. The lowest BCUT2D eigenvalue weighted by Gasteiger charge is -2.41. The molecule has 0 aromatic heterocycles. The van der Waals surface area contributed by atoms with Crippen molar-refractivity contribution in [1.82, 2.24) is 5.06 Å². The van der Waals surface area contributed by atoms with E-state index < -0.39 is 5.60 Å². The van der Waals surface area contributed by atoms with Crippen LogP contribution in [0.4, 0.5) is 0 Å². The molecule has 0 aromatic rings. The van der Waals surface area contributed by atoms with Gasteiger partial charge in [-0.15, -0.1) is 0 Å². The molecule has 2 aliphatic heterocycles. The van der Waals surface area contributed by atoms with E-state index in [0.29, 0.717) is 13.2 Å². The van der Waals surface area contributed by atoms with Crippen LogP contribution in [0.3, 0.4) is 0 Å². The Kier molecular flexibility index (Phi) is 5.43. The summed E-state index contributed by atoms with van der Waals surface area (Å²) in [5.41, 5.74) is -0.407. The number of hydroxylamine groups is 2. The molecule has 9 heteroatoms. The molecule has 2 aliphatic rings. The lowest BCUT2D eigenvalue weighted by molar-refractivity contribution is -0.244. The van der Waals surface area contributed by atoms with Crippen LogP contribution in [0, 0.1) is 0 Å². The van der Waals surface area contributed by atoms with E-state index in [0.717, 1.165) is 4.55 Å². The highest BCUT2D eigenvalue weighted by Gasteiger charge is 2.60. The van der Waals surface area contributed by atoms with Crippen molar-refractivity contribution in [2.24, 2.45) is 0 Å². The van der Waals surface area contributed by atoms with E-state index in [4.69, 9.17) is 15.7 Å². The van der Waals surface area contributed by atoms with Crippen LogP contribution in [0.2, 0.25) is 0 Å². The Hall–Kier alpha value is 2.05. The van der Waals surface area contributed by atoms with Crippen molar-refractivity contribution >= 4 is 76.4 Å². The van der Waals surface area contributed by atoms with Crippen LogP contribution in [0.5, 0.6) is 0 Å². The van der Waals surface area contributed by atoms with Gasteiger partial charge in [-0.05, 0) is 0 Å². The van der Waals surface area contributed by atoms with Crippen LogP contribution >= 0.6 is 68.6 Å². The highest BCUT2D eigenvalue weighted by atomic mass is 127.